The number of hydrogen-bond donors (Lipinski definition) is 0. The van der Waals surface area contributed by atoms with Crippen LogP contribution in [0.2, 0.25) is 0 Å². The summed E-state index contributed by atoms with van der Waals surface area (Å²) >= 11 is 1.52. The number of hydrogen-bond acceptors (Lipinski definition) is 3. The molecule has 102 valence electrons. The summed E-state index contributed by atoms with van der Waals surface area (Å²) in [7, 11) is 0. The van der Waals surface area contributed by atoms with Gasteiger partial charge in [0, 0.05) is 6.42 Å². The Balaban J connectivity index is 3.80. The van der Waals surface area contributed by atoms with Crippen molar-refractivity contribution in [3.63, 3.8) is 0 Å². The molecule has 17 heavy (non-hydrogen) atoms. The van der Waals surface area contributed by atoms with Crippen LogP contribution < -0.4 is 0 Å². The first-order valence-corrected chi connectivity index (χ1v) is 5.30. The number of carbonyl (C=O) groups excluding carboxylic acids is 1. The van der Waals surface area contributed by atoms with Gasteiger partial charge in [-0.3, -0.25) is 4.39 Å². The lowest BCUT2D eigenvalue weighted by atomic mass is 10.2. The Kier molecular flexibility index (Phi) is 6.73. The van der Waals surface area contributed by atoms with Crippen molar-refractivity contribution in [2.75, 3.05) is 19.9 Å². The first-order valence-electron chi connectivity index (χ1n) is 4.51. The number of alkyl halides is 6. The van der Waals surface area contributed by atoms with Crippen LogP contribution in [0.15, 0.2) is 0 Å². The van der Waals surface area contributed by atoms with E-state index in [1.54, 1.807) is 0 Å². The molecule has 0 saturated heterocycles. The second kappa shape index (κ2) is 6.97. The lowest BCUT2D eigenvalue weighted by Crippen LogP contribution is -2.36. The summed E-state index contributed by atoms with van der Waals surface area (Å²) in [5.41, 5.74) is 0. The maximum Gasteiger partial charge on any atom is 0.508 e. The van der Waals surface area contributed by atoms with Crippen LogP contribution in [0, 0.1) is 0 Å². The number of halogens is 6. The van der Waals surface area contributed by atoms with Crippen LogP contribution in [-0.4, -0.2) is 36.8 Å². The molecule has 0 rings (SSSR count). The van der Waals surface area contributed by atoms with Gasteiger partial charge in [-0.1, -0.05) is 0 Å². The fourth-order valence-electron chi connectivity index (χ4n) is 0.656. The van der Waals surface area contributed by atoms with Crippen LogP contribution >= 0.6 is 15.9 Å². The highest BCUT2D eigenvalue weighted by Gasteiger charge is 2.53. The molecule has 0 spiro atoms. The summed E-state index contributed by atoms with van der Waals surface area (Å²) in [4.78, 5) is 6.27. The lowest BCUT2D eigenvalue weighted by molar-refractivity contribution is -0.156. The molecule has 9 heteroatoms. The average Bonchev–Trinajstić information content (AvgIpc) is 2.16. The monoisotopic (exact) mass is 328 g/mol. The molecule has 0 aliphatic heterocycles. The molecule has 0 aromatic heterocycles. The molecule has 0 heterocycles. The molecule has 0 atom stereocenters. The standard InChI is InChI=1S/C8H10BrF5O3/c9-8(13,14)7(11,12)2-5-17-6(15)16-4-1-3-10/h1-5H2. The van der Waals surface area contributed by atoms with Crippen molar-refractivity contribution < 1.29 is 36.2 Å². The first kappa shape index (κ1) is 16.4. The number of carbonyl (C=O) groups is 1. The maximum atomic E-state index is 12.6. The molecule has 0 N–H and O–H groups in total. The van der Waals surface area contributed by atoms with Gasteiger partial charge in [-0.2, -0.15) is 17.6 Å². The van der Waals surface area contributed by atoms with Crippen molar-refractivity contribution in [3.8, 4) is 0 Å². The van der Waals surface area contributed by atoms with Crippen molar-refractivity contribution in [1.29, 1.82) is 0 Å². The van der Waals surface area contributed by atoms with Gasteiger partial charge >= 0.3 is 16.9 Å². The molecule has 0 fully saturated rings. The van der Waals surface area contributed by atoms with Crippen LogP contribution in [0.1, 0.15) is 12.8 Å². The van der Waals surface area contributed by atoms with Crippen molar-refractivity contribution in [1.82, 2.24) is 0 Å². The second-order valence-electron chi connectivity index (χ2n) is 2.94. The third kappa shape index (κ3) is 6.64. The normalized spacial score (nSPS) is 12.4. The highest BCUT2D eigenvalue weighted by Crippen LogP contribution is 2.41. The van der Waals surface area contributed by atoms with Crippen LogP contribution in [0.5, 0.6) is 0 Å². The Morgan fingerprint density at radius 2 is 1.65 bits per heavy atom. The first-order chi connectivity index (χ1) is 7.70. The van der Waals surface area contributed by atoms with Gasteiger partial charge in [0.2, 0.25) is 0 Å². The molecule has 0 aliphatic carbocycles. The van der Waals surface area contributed by atoms with E-state index in [1.165, 1.54) is 15.9 Å². The van der Waals surface area contributed by atoms with E-state index in [-0.39, 0.29) is 13.0 Å². The summed E-state index contributed by atoms with van der Waals surface area (Å²) < 4.78 is 69.6. The summed E-state index contributed by atoms with van der Waals surface area (Å²) in [5.74, 6) is -4.34. The van der Waals surface area contributed by atoms with Gasteiger partial charge in [-0.25, -0.2) is 4.79 Å². The predicted molar refractivity (Wildman–Crippen MR) is 51.3 cm³/mol. The summed E-state index contributed by atoms with van der Waals surface area (Å²) in [6.07, 6.45) is -2.71. The molecule has 0 aromatic carbocycles. The molecule has 3 nitrogen and oxygen atoms in total. The average molecular weight is 329 g/mol. The van der Waals surface area contributed by atoms with E-state index in [0.717, 1.165) is 0 Å². The van der Waals surface area contributed by atoms with Gasteiger partial charge < -0.3 is 9.47 Å². The van der Waals surface area contributed by atoms with Crippen molar-refractivity contribution >= 4 is 22.1 Å². The quantitative estimate of drug-likeness (QED) is 0.310. The minimum absolute atomic E-state index is 0.0509. The van der Waals surface area contributed by atoms with Crippen molar-refractivity contribution in [2.45, 2.75) is 23.6 Å². The third-order valence-corrected chi connectivity index (χ3v) is 2.13. The molecule has 0 amide bonds. The predicted octanol–water partition coefficient (Wildman–Crippen LogP) is 3.51. The van der Waals surface area contributed by atoms with E-state index in [1.807, 2.05) is 0 Å². The number of rotatable bonds is 7. The number of ether oxygens (including phenoxy) is 2. The second-order valence-corrected chi connectivity index (χ2v) is 3.94. The highest BCUT2D eigenvalue weighted by atomic mass is 79.9. The lowest BCUT2D eigenvalue weighted by Gasteiger charge is -2.20. The smallest absolute Gasteiger partial charge is 0.434 e. The molecule has 0 unspecified atom stereocenters. The molecule has 0 aliphatic rings. The van der Waals surface area contributed by atoms with Gasteiger partial charge in [0.25, 0.3) is 0 Å². The van der Waals surface area contributed by atoms with E-state index in [0.29, 0.717) is 0 Å². The fourth-order valence-corrected chi connectivity index (χ4v) is 0.854. The SMILES string of the molecule is O=C(OCCCF)OCCC(F)(F)C(F)(F)Br. The summed E-state index contributed by atoms with van der Waals surface area (Å²) in [6, 6.07) is 0. The molecule has 0 aromatic rings. The Morgan fingerprint density at radius 3 is 2.12 bits per heavy atom. The zero-order valence-corrected chi connectivity index (χ0v) is 10.1. The molecule has 0 bridgehead atoms. The molecular weight excluding hydrogens is 319 g/mol. The van der Waals surface area contributed by atoms with Gasteiger partial charge in [0.1, 0.15) is 6.61 Å². The van der Waals surface area contributed by atoms with Gasteiger partial charge in [0.05, 0.1) is 19.7 Å². The zero-order chi connectivity index (χ0) is 13.5. The van der Waals surface area contributed by atoms with E-state index < -0.39 is 36.6 Å². The highest BCUT2D eigenvalue weighted by molar-refractivity contribution is 9.10. The molecule has 0 saturated carbocycles. The van der Waals surface area contributed by atoms with Crippen LogP contribution in [-0.2, 0) is 9.47 Å². The maximum absolute atomic E-state index is 12.6. The van der Waals surface area contributed by atoms with Crippen LogP contribution in [0.25, 0.3) is 0 Å². The molecular formula is C8H10BrF5O3. The summed E-state index contributed by atoms with van der Waals surface area (Å²) in [6.45, 7) is -1.90. The fraction of sp³-hybridized carbons (Fsp3) is 0.875. The minimum atomic E-state index is -4.37. The van der Waals surface area contributed by atoms with Crippen molar-refractivity contribution in [3.05, 3.63) is 0 Å². The van der Waals surface area contributed by atoms with Gasteiger partial charge in [-0.05, 0) is 15.9 Å². The Morgan fingerprint density at radius 1 is 1.12 bits per heavy atom. The van der Waals surface area contributed by atoms with E-state index in [4.69, 9.17) is 0 Å². The molecule has 0 radical (unpaired) electrons. The van der Waals surface area contributed by atoms with Gasteiger partial charge in [0.15, 0.2) is 0 Å². The van der Waals surface area contributed by atoms with E-state index >= 15 is 0 Å². The van der Waals surface area contributed by atoms with Gasteiger partial charge in [-0.15, -0.1) is 0 Å². The van der Waals surface area contributed by atoms with E-state index in [9.17, 15) is 26.7 Å². The third-order valence-electron chi connectivity index (χ3n) is 1.55. The van der Waals surface area contributed by atoms with Crippen LogP contribution in [0.3, 0.4) is 0 Å². The Hall–Kier alpha value is -0.600. The summed E-state index contributed by atoms with van der Waals surface area (Å²) in [5, 5.41) is 0. The van der Waals surface area contributed by atoms with E-state index in [2.05, 4.69) is 9.47 Å². The Bertz CT molecular complexity index is 244. The zero-order valence-electron chi connectivity index (χ0n) is 8.53. The topological polar surface area (TPSA) is 35.5 Å². The largest absolute Gasteiger partial charge is 0.508 e. The Labute approximate surface area is 102 Å². The minimum Gasteiger partial charge on any atom is -0.434 e. The van der Waals surface area contributed by atoms with Crippen LogP contribution in [0.4, 0.5) is 26.7 Å². The van der Waals surface area contributed by atoms with Crippen molar-refractivity contribution in [2.24, 2.45) is 0 Å².